The van der Waals surface area contributed by atoms with Gasteiger partial charge in [-0.3, -0.25) is 0 Å². The Morgan fingerprint density at radius 1 is 1.53 bits per heavy atom. The molecule has 2 heterocycles. The van der Waals surface area contributed by atoms with Gasteiger partial charge in [0.2, 0.25) is 0 Å². The third kappa shape index (κ3) is 3.78. The lowest BCUT2D eigenvalue weighted by molar-refractivity contribution is -0.0300. The summed E-state index contributed by atoms with van der Waals surface area (Å²) >= 11 is 3.21. The number of ether oxygens (including phenoxy) is 2. The van der Waals surface area contributed by atoms with Crippen molar-refractivity contribution >= 4 is 21.9 Å². The molecule has 1 saturated heterocycles. The molecule has 92 valence electrons. The normalized spacial score (nSPS) is 19.9. The van der Waals surface area contributed by atoms with Crippen LogP contribution in [0.5, 0.6) is 0 Å². The first-order chi connectivity index (χ1) is 8.25. The van der Waals surface area contributed by atoms with Crippen molar-refractivity contribution in [1.29, 1.82) is 0 Å². The number of carbonyl (C=O) groups excluding carboxylic acids is 1. The van der Waals surface area contributed by atoms with Gasteiger partial charge in [-0.2, -0.15) is 0 Å². The Labute approximate surface area is 108 Å². The fourth-order valence-electron chi connectivity index (χ4n) is 1.69. The third-order valence-corrected chi connectivity index (χ3v) is 3.11. The molecule has 17 heavy (non-hydrogen) atoms. The lowest BCUT2D eigenvalue weighted by Gasteiger charge is -2.21. The lowest BCUT2D eigenvalue weighted by atomic mass is 10.1. The van der Waals surface area contributed by atoms with E-state index in [1.165, 1.54) is 6.20 Å². The zero-order valence-electron chi connectivity index (χ0n) is 9.39. The zero-order valence-corrected chi connectivity index (χ0v) is 11.0. The van der Waals surface area contributed by atoms with Gasteiger partial charge < -0.3 is 9.47 Å². The number of carbonyl (C=O) groups is 1. The summed E-state index contributed by atoms with van der Waals surface area (Å²) in [4.78, 5) is 15.6. The van der Waals surface area contributed by atoms with E-state index in [0.717, 1.165) is 25.9 Å². The maximum Gasteiger partial charge on any atom is 0.339 e. The maximum atomic E-state index is 11.7. The Balaban J connectivity index is 1.82. The van der Waals surface area contributed by atoms with Crippen molar-refractivity contribution in [3.05, 3.63) is 28.5 Å². The maximum absolute atomic E-state index is 11.7. The Morgan fingerprint density at radius 2 is 2.41 bits per heavy atom. The Hall–Kier alpha value is -0.940. The van der Waals surface area contributed by atoms with E-state index in [1.807, 2.05) is 0 Å². The summed E-state index contributed by atoms with van der Waals surface area (Å²) < 4.78 is 11.4. The molecule has 0 radical (unpaired) electrons. The zero-order chi connectivity index (χ0) is 12.1. The van der Waals surface area contributed by atoms with Crippen molar-refractivity contribution in [3.63, 3.8) is 0 Å². The van der Waals surface area contributed by atoms with Crippen LogP contribution in [0.2, 0.25) is 0 Å². The Kier molecular flexibility index (Phi) is 4.50. The summed E-state index contributed by atoms with van der Waals surface area (Å²) in [6.07, 6.45) is 4.75. The summed E-state index contributed by atoms with van der Waals surface area (Å²) in [7, 11) is 0. The van der Waals surface area contributed by atoms with Crippen LogP contribution in [0.3, 0.4) is 0 Å². The van der Waals surface area contributed by atoms with E-state index >= 15 is 0 Å². The van der Waals surface area contributed by atoms with Crippen molar-refractivity contribution < 1.29 is 14.3 Å². The molecule has 5 heteroatoms. The van der Waals surface area contributed by atoms with Gasteiger partial charge in [0.05, 0.1) is 11.7 Å². The van der Waals surface area contributed by atoms with Gasteiger partial charge in [-0.25, -0.2) is 9.78 Å². The highest BCUT2D eigenvalue weighted by molar-refractivity contribution is 9.10. The van der Waals surface area contributed by atoms with E-state index in [9.17, 15) is 4.79 Å². The van der Waals surface area contributed by atoms with E-state index in [-0.39, 0.29) is 12.1 Å². The van der Waals surface area contributed by atoms with Crippen LogP contribution < -0.4 is 0 Å². The molecule has 0 spiro atoms. The van der Waals surface area contributed by atoms with E-state index in [4.69, 9.17) is 9.47 Å². The van der Waals surface area contributed by atoms with Crippen LogP contribution in [0.4, 0.5) is 0 Å². The van der Waals surface area contributed by atoms with Crippen LogP contribution >= 0.6 is 15.9 Å². The first-order valence-electron chi connectivity index (χ1n) is 5.66. The van der Waals surface area contributed by atoms with Gasteiger partial charge in [-0.15, -0.1) is 0 Å². The summed E-state index contributed by atoms with van der Waals surface area (Å²) in [6.45, 7) is 1.09. The number of hydrogen-bond donors (Lipinski definition) is 0. The van der Waals surface area contributed by atoms with Gasteiger partial charge in [-0.1, -0.05) is 0 Å². The third-order valence-electron chi connectivity index (χ3n) is 2.64. The molecule has 0 amide bonds. The fraction of sp³-hybridized carbons (Fsp3) is 0.500. The minimum absolute atomic E-state index is 0.0520. The molecule has 1 fully saturated rings. The summed E-state index contributed by atoms with van der Waals surface area (Å²) in [6, 6.07) is 3.40. The highest BCUT2D eigenvalue weighted by atomic mass is 79.9. The summed E-state index contributed by atoms with van der Waals surface area (Å²) in [5.41, 5.74) is 0.462. The van der Waals surface area contributed by atoms with Crippen LogP contribution in [0, 0.1) is 0 Å². The second-order valence-electron chi connectivity index (χ2n) is 3.96. The molecule has 0 saturated carbocycles. The quantitative estimate of drug-likeness (QED) is 0.636. The Bertz CT molecular complexity index is 374. The minimum Gasteiger partial charge on any atom is -0.459 e. The molecule has 1 aromatic heterocycles. The van der Waals surface area contributed by atoms with Crippen molar-refractivity contribution in [2.45, 2.75) is 25.4 Å². The molecule has 1 aliphatic heterocycles. The first kappa shape index (κ1) is 12.5. The van der Waals surface area contributed by atoms with Crippen molar-refractivity contribution in [2.75, 3.05) is 13.2 Å². The second-order valence-corrected chi connectivity index (χ2v) is 4.77. The largest absolute Gasteiger partial charge is 0.459 e. The molecule has 1 aromatic rings. The van der Waals surface area contributed by atoms with Crippen LogP contribution in [-0.4, -0.2) is 30.3 Å². The average Bonchev–Trinajstić information content (AvgIpc) is 2.38. The number of nitrogens with zero attached hydrogens (tertiary/aromatic N) is 1. The highest BCUT2D eigenvalue weighted by Crippen LogP contribution is 2.14. The number of aromatic nitrogens is 1. The Morgan fingerprint density at radius 3 is 3.06 bits per heavy atom. The molecule has 1 unspecified atom stereocenters. The van der Waals surface area contributed by atoms with Crippen molar-refractivity contribution in [1.82, 2.24) is 4.98 Å². The molecule has 1 atom stereocenters. The molecule has 0 bridgehead atoms. The molecule has 0 aliphatic carbocycles. The lowest BCUT2D eigenvalue weighted by Crippen LogP contribution is -2.25. The van der Waals surface area contributed by atoms with Crippen molar-refractivity contribution in [2.24, 2.45) is 0 Å². The fourth-order valence-corrected chi connectivity index (χ4v) is 1.92. The number of halogens is 1. The van der Waals surface area contributed by atoms with Crippen molar-refractivity contribution in [3.8, 4) is 0 Å². The standard InChI is InChI=1S/C12H14BrNO3/c13-11-5-4-9(7-14-11)12(15)17-8-10-3-1-2-6-16-10/h4-5,7,10H,1-3,6,8H2. The number of pyridine rings is 1. The van der Waals surface area contributed by atoms with Crippen LogP contribution in [-0.2, 0) is 9.47 Å². The smallest absolute Gasteiger partial charge is 0.339 e. The van der Waals surface area contributed by atoms with Gasteiger partial charge in [0.1, 0.15) is 11.2 Å². The first-order valence-corrected chi connectivity index (χ1v) is 6.45. The predicted octanol–water partition coefficient (Wildman–Crippen LogP) is 2.57. The number of rotatable bonds is 3. The molecule has 2 rings (SSSR count). The van der Waals surface area contributed by atoms with Gasteiger partial charge in [-0.05, 0) is 47.3 Å². The highest BCUT2D eigenvalue weighted by Gasteiger charge is 2.16. The molecule has 4 nitrogen and oxygen atoms in total. The molecular formula is C12H14BrNO3. The number of esters is 1. The van der Waals surface area contributed by atoms with E-state index in [0.29, 0.717) is 16.8 Å². The second kappa shape index (κ2) is 6.12. The van der Waals surface area contributed by atoms with E-state index in [1.54, 1.807) is 12.1 Å². The topological polar surface area (TPSA) is 48.4 Å². The molecule has 0 aromatic carbocycles. The van der Waals surface area contributed by atoms with Gasteiger partial charge in [0.15, 0.2) is 0 Å². The van der Waals surface area contributed by atoms with E-state index in [2.05, 4.69) is 20.9 Å². The SMILES string of the molecule is O=C(OCC1CCCCO1)c1ccc(Br)nc1. The van der Waals surface area contributed by atoms with Crippen LogP contribution in [0.15, 0.2) is 22.9 Å². The molecule has 1 aliphatic rings. The average molecular weight is 300 g/mol. The summed E-state index contributed by atoms with van der Waals surface area (Å²) in [5.74, 6) is -0.348. The number of hydrogen-bond acceptors (Lipinski definition) is 4. The predicted molar refractivity (Wildman–Crippen MR) is 65.8 cm³/mol. The monoisotopic (exact) mass is 299 g/mol. The van der Waals surface area contributed by atoms with Gasteiger partial charge in [0.25, 0.3) is 0 Å². The summed E-state index contributed by atoms with van der Waals surface area (Å²) in [5, 5.41) is 0. The van der Waals surface area contributed by atoms with Crippen LogP contribution in [0.25, 0.3) is 0 Å². The minimum atomic E-state index is -0.348. The molecular weight excluding hydrogens is 286 g/mol. The van der Waals surface area contributed by atoms with Gasteiger partial charge >= 0.3 is 5.97 Å². The van der Waals surface area contributed by atoms with Crippen LogP contribution in [0.1, 0.15) is 29.6 Å². The van der Waals surface area contributed by atoms with Gasteiger partial charge in [0, 0.05) is 12.8 Å². The van der Waals surface area contributed by atoms with E-state index < -0.39 is 0 Å². The molecule has 0 N–H and O–H groups in total.